The number of nitrogens with zero attached hydrogens (tertiary/aromatic N) is 1. The van der Waals surface area contributed by atoms with E-state index >= 15 is 0 Å². The highest BCUT2D eigenvalue weighted by atomic mass is 16.3. The largest absolute Gasteiger partial charge is 0.461 e. The molecule has 0 fully saturated rings. The number of furan rings is 1. The zero-order valence-corrected chi connectivity index (χ0v) is 14.4. The molecule has 2 heterocycles. The standard InChI is InChI=1S/C23H21NO/c1-24-15-20(18-10-5-6-12-21(18)24)17-11-7-13-22-19(17)14-23(25-22)16-8-3-2-4-9-16/h2-6,8-10,12,14-15,17H,7,11,13H2,1H3. The average Bonchev–Trinajstić information content (AvgIpc) is 3.24. The van der Waals surface area contributed by atoms with Gasteiger partial charge < -0.3 is 8.98 Å². The molecule has 0 saturated heterocycles. The summed E-state index contributed by atoms with van der Waals surface area (Å²) in [6.07, 6.45) is 5.72. The molecule has 5 rings (SSSR count). The van der Waals surface area contributed by atoms with E-state index in [9.17, 15) is 0 Å². The molecule has 2 aromatic carbocycles. The van der Waals surface area contributed by atoms with Gasteiger partial charge in [0, 0.05) is 47.6 Å². The summed E-state index contributed by atoms with van der Waals surface area (Å²) in [5.74, 6) is 2.59. The van der Waals surface area contributed by atoms with Crippen LogP contribution in [0.5, 0.6) is 0 Å². The number of hydrogen-bond donors (Lipinski definition) is 0. The summed E-state index contributed by atoms with van der Waals surface area (Å²) in [6.45, 7) is 0. The molecule has 0 spiro atoms. The molecule has 2 aromatic heterocycles. The Balaban J connectivity index is 1.65. The Morgan fingerprint density at radius 3 is 2.64 bits per heavy atom. The molecule has 1 unspecified atom stereocenters. The lowest BCUT2D eigenvalue weighted by atomic mass is 9.82. The highest BCUT2D eigenvalue weighted by molar-refractivity contribution is 5.85. The van der Waals surface area contributed by atoms with Crippen LogP contribution in [0.15, 0.2) is 71.3 Å². The van der Waals surface area contributed by atoms with E-state index in [1.165, 1.54) is 40.6 Å². The molecular formula is C23H21NO. The second-order valence-corrected chi connectivity index (χ2v) is 7.01. The zero-order valence-electron chi connectivity index (χ0n) is 14.4. The average molecular weight is 327 g/mol. The van der Waals surface area contributed by atoms with Crippen LogP contribution in [0, 0.1) is 0 Å². The smallest absolute Gasteiger partial charge is 0.134 e. The Morgan fingerprint density at radius 1 is 0.960 bits per heavy atom. The van der Waals surface area contributed by atoms with E-state index in [4.69, 9.17) is 4.42 Å². The minimum absolute atomic E-state index is 0.427. The van der Waals surface area contributed by atoms with Gasteiger partial charge in [-0.05, 0) is 30.5 Å². The Labute approximate surface area is 147 Å². The van der Waals surface area contributed by atoms with Gasteiger partial charge in [-0.2, -0.15) is 0 Å². The fourth-order valence-corrected chi connectivity index (χ4v) is 4.27. The van der Waals surface area contributed by atoms with E-state index < -0.39 is 0 Å². The summed E-state index contributed by atoms with van der Waals surface area (Å²) in [4.78, 5) is 0. The Bertz CT molecular complexity index is 1040. The normalized spacial score (nSPS) is 16.9. The van der Waals surface area contributed by atoms with Crippen molar-refractivity contribution < 1.29 is 4.42 Å². The van der Waals surface area contributed by atoms with Crippen molar-refractivity contribution in [1.29, 1.82) is 0 Å². The molecular weight excluding hydrogens is 306 g/mol. The van der Waals surface area contributed by atoms with E-state index in [2.05, 4.69) is 72.4 Å². The fourth-order valence-electron chi connectivity index (χ4n) is 4.27. The van der Waals surface area contributed by atoms with Gasteiger partial charge in [-0.25, -0.2) is 0 Å². The first kappa shape index (κ1) is 14.6. The molecule has 2 heteroatoms. The Kier molecular flexibility index (Phi) is 3.30. The quantitative estimate of drug-likeness (QED) is 0.448. The van der Waals surface area contributed by atoms with Crippen molar-refractivity contribution in [3.63, 3.8) is 0 Å². The summed E-state index contributed by atoms with van der Waals surface area (Å²) >= 11 is 0. The molecule has 0 bridgehead atoms. The second kappa shape index (κ2) is 5.66. The molecule has 1 atom stereocenters. The van der Waals surface area contributed by atoms with Gasteiger partial charge in [0.15, 0.2) is 0 Å². The van der Waals surface area contributed by atoms with Gasteiger partial charge in [0.1, 0.15) is 11.5 Å². The van der Waals surface area contributed by atoms with Gasteiger partial charge in [0.05, 0.1) is 0 Å². The third kappa shape index (κ3) is 2.32. The van der Waals surface area contributed by atoms with Crippen molar-refractivity contribution in [3.05, 3.63) is 83.7 Å². The summed E-state index contributed by atoms with van der Waals surface area (Å²) in [5, 5.41) is 1.37. The lowest BCUT2D eigenvalue weighted by molar-refractivity contribution is 0.474. The van der Waals surface area contributed by atoms with E-state index in [0.29, 0.717) is 5.92 Å². The van der Waals surface area contributed by atoms with Gasteiger partial charge in [-0.3, -0.25) is 0 Å². The first-order chi connectivity index (χ1) is 12.3. The predicted octanol–water partition coefficient (Wildman–Crippen LogP) is 5.91. The van der Waals surface area contributed by atoms with Crippen LogP contribution in [0.4, 0.5) is 0 Å². The van der Waals surface area contributed by atoms with Crippen LogP contribution in [0.25, 0.3) is 22.2 Å². The van der Waals surface area contributed by atoms with Gasteiger partial charge in [0.25, 0.3) is 0 Å². The number of hydrogen-bond acceptors (Lipinski definition) is 1. The molecule has 0 saturated carbocycles. The highest BCUT2D eigenvalue weighted by Gasteiger charge is 2.28. The van der Waals surface area contributed by atoms with Crippen molar-refractivity contribution in [1.82, 2.24) is 4.57 Å². The van der Waals surface area contributed by atoms with Crippen LogP contribution in [0.1, 0.15) is 35.6 Å². The number of aromatic nitrogens is 1. The Morgan fingerprint density at radius 2 is 1.76 bits per heavy atom. The monoisotopic (exact) mass is 327 g/mol. The molecule has 0 amide bonds. The molecule has 4 aromatic rings. The van der Waals surface area contributed by atoms with E-state index in [0.717, 1.165) is 17.7 Å². The fraction of sp³-hybridized carbons (Fsp3) is 0.217. The van der Waals surface area contributed by atoms with Crippen molar-refractivity contribution in [2.75, 3.05) is 0 Å². The van der Waals surface area contributed by atoms with Crippen molar-refractivity contribution in [3.8, 4) is 11.3 Å². The molecule has 0 N–H and O–H groups in total. The maximum Gasteiger partial charge on any atom is 0.134 e. The maximum atomic E-state index is 6.26. The third-order valence-corrected chi connectivity index (χ3v) is 5.48. The number of rotatable bonds is 2. The second-order valence-electron chi connectivity index (χ2n) is 7.01. The first-order valence-electron chi connectivity index (χ1n) is 9.03. The minimum atomic E-state index is 0.427. The molecule has 1 aliphatic carbocycles. The van der Waals surface area contributed by atoms with E-state index in [1.54, 1.807) is 0 Å². The van der Waals surface area contributed by atoms with Crippen LogP contribution in [0.3, 0.4) is 0 Å². The first-order valence-corrected chi connectivity index (χ1v) is 9.03. The number of para-hydroxylation sites is 1. The molecule has 0 radical (unpaired) electrons. The minimum Gasteiger partial charge on any atom is -0.461 e. The summed E-state index contributed by atoms with van der Waals surface area (Å²) in [5.41, 5.74) is 5.27. The van der Waals surface area contributed by atoms with Crippen LogP contribution in [-0.4, -0.2) is 4.57 Å². The van der Waals surface area contributed by atoms with Crippen molar-refractivity contribution >= 4 is 10.9 Å². The van der Waals surface area contributed by atoms with Crippen LogP contribution in [-0.2, 0) is 13.5 Å². The molecule has 2 nitrogen and oxygen atoms in total. The third-order valence-electron chi connectivity index (χ3n) is 5.48. The maximum absolute atomic E-state index is 6.26. The van der Waals surface area contributed by atoms with Crippen LogP contribution < -0.4 is 0 Å². The van der Waals surface area contributed by atoms with Crippen molar-refractivity contribution in [2.24, 2.45) is 7.05 Å². The summed E-state index contributed by atoms with van der Waals surface area (Å²) in [7, 11) is 2.14. The number of fused-ring (bicyclic) bond motifs is 2. The topological polar surface area (TPSA) is 18.1 Å². The SMILES string of the molecule is Cn1cc(C2CCCc3oc(-c4ccccc4)cc32)c2ccccc21. The van der Waals surface area contributed by atoms with E-state index in [1.807, 2.05) is 6.07 Å². The van der Waals surface area contributed by atoms with Gasteiger partial charge in [-0.1, -0.05) is 48.5 Å². The molecule has 124 valence electrons. The van der Waals surface area contributed by atoms with E-state index in [-0.39, 0.29) is 0 Å². The Hall–Kier alpha value is -2.74. The van der Waals surface area contributed by atoms with Crippen LogP contribution in [0.2, 0.25) is 0 Å². The molecule has 1 aliphatic rings. The lowest BCUT2D eigenvalue weighted by Crippen LogP contribution is -2.08. The van der Waals surface area contributed by atoms with Crippen molar-refractivity contribution in [2.45, 2.75) is 25.2 Å². The van der Waals surface area contributed by atoms with Gasteiger partial charge in [-0.15, -0.1) is 0 Å². The highest BCUT2D eigenvalue weighted by Crippen LogP contribution is 2.43. The summed E-state index contributed by atoms with van der Waals surface area (Å²) < 4.78 is 8.50. The number of aryl methyl sites for hydroxylation is 2. The van der Waals surface area contributed by atoms with Crippen LogP contribution >= 0.6 is 0 Å². The molecule has 25 heavy (non-hydrogen) atoms. The zero-order chi connectivity index (χ0) is 16.8. The predicted molar refractivity (Wildman–Crippen MR) is 102 cm³/mol. The summed E-state index contributed by atoms with van der Waals surface area (Å²) in [6, 6.07) is 21.4. The van der Waals surface area contributed by atoms with Gasteiger partial charge >= 0.3 is 0 Å². The number of benzene rings is 2. The molecule has 0 aliphatic heterocycles. The lowest BCUT2D eigenvalue weighted by Gasteiger charge is -2.21. The van der Waals surface area contributed by atoms with Gasteiger partial charge in [0.2, 0.25) is 0 Å².